The maximum atomic E-state index is 11.8. The molecule has 8 nitrogen and oxygen atoms in total. The van der Waals surface area contributed by atoms with Crippen molar-refractivity contribution in [2.24, 2.45) is 0 Å². The van der Waals surface area contributed by atoms with E-state index in [0.717, 1.165) is 11.4 Å². The summed E-state index contributed by atoms with van der Waals surface area (Å²) in [4.78, 5) is 19.9. The molecule has 9 heteroatoms. The molecular formula is C13H13N7OS. The number of carbonyl (C=O) groups is 1. The van der Waals surface area contributed by atoms with Gasteiger partial charge in [-0.05, 0) is 19.1 Å². The van der Waals surface area contributed by atoms with Crippen LogP contribution in [0.5, 0.6) is 0 Å². The second-order valence-electron chi connectivity index (χ2n) is 4.47. The Hall–Kier alpha value is -2.81. The van der Waals surface area contributed by atoms with Gasteiger partial charge in [0.15, 0.2) is 5.13 Å². The zero-order chi connectivity index (χ0) is 15.4. The highest BCUT2D eigenvalue weighted by molar-refractivity contribution is 7.13. The number of hydrogen-bond acceptors (Lipinski definition) is 6. The molecule has 0 aromatic carbocycles. The normalized spacial score (nSPS) is 10.4. The molecule has 2 N–H and O–H groups in total. The fourth-order valence-electron chi connectivity index (χ4n) is 1.72. The summed E-state index contributed by atoms with van der Waals surface area (Å²) >= 11 is 1.38. The lowest BCUT2D eigenvalue weighted by Crippen LogP contribution is -2.28. The van der Waals surface area contributed by atoms with Crippen LogP contribution < -0.4 is 10.6 Å². The Morgan fingerprint density at radius 1 is 1.45 bits per heavy atom. The van der Waals surface area contributed by atoms with E-state index in [-0.39, 0.29) is 12.6 Å². The Kier molecular flexibility index (Phi) is 4.05. The highest BCUT2D eigenvalue weighted by atomic mass is 32.1. The van der Waals surface area contributed by atoms with Gasteiger partial charge in [0.05, 0.1) is 30.3 Å². The molecular weight excluding hydrogens is 302 g/mol. The lowest BCUT2D eigenvalue weighted by atomic mass is 10.4. The summed E-state index contributed by atoms with van der Waals surface area (Å²) in [6.45, 7) is 2.15. The van der Waals surface area contributed by atoms with Crippen molar-refractivity contribution in [3.05, 3.63) is 47.5 Å². The lowest BCUT2D eigenvalue weighted by Gasteiger charge is -2.02. The smallest absolute Gasteiger partial charge is 0.321 e. The van der Waals surface area contributed by atoms with Crippen LogP contribution in [0.25, 0.3) is 5.69 Å². The molecule has 3 heterocycles. The van der Waals surface area contributed by atoms with E-state index in [0.29, 0.717) is 10.8 Å². The molecule has 0 aliphatic heterocycles. The van der Waals surface area contributed by atoms with Crippen LogP contribution in [-0.2, 0) is 6.54 Å². The zero-order valence-electron chi connectivity index (χ0n) is 11.7. The van der Waals surface area contributed by atoms with Gasteiger partial charge in [-0.3, -0.25) is 10.3 Å². The Morgan fingerprint density at radius 3 is 3.09 bits per heavy atom. The summed E-state index contributed by atoms with van der Waals surface area (Å²) in [6, 6.07) is 3.36. The van der Waals surface area contributed by atoms with Crippen LogP contribution in [0.1, 0.15) is 11.4 Å². The molecule has 112 valence electrons. The maximum absolute atomic E-state index is 11.8. The zero-order valence-corrected chi connectivity index (χ0v) is 12.5. The van der Waals surface area contributed by atoms with Gasteiger partial charge in [-0.2, -0.15) is 0 Å². The number of carbonyl (C=O) groups excluding carboxylic acids is 1. The second-order valence-corrected chi connectivity index (χ2v) is 5.33. The van der Waals surface area contributed by atoms with Crippen LogP contribution >= 0.6 is 11.3 Å². The number of thiazole rings is 1. The summed E-state index contributed by atoms with van der Waals surface area (Å²) < 4.78 is 1.60. The number of hydrogen-bond donors (Lipinski definition) is 2. The molecule has 3 rings (SSSR count). The Bertz CT molecular complexity index is 768. The lowest BCUT2D eigenvalue weighted by molar-refractivity contribution is 0.251. The molecule has 0 radical (unpaired) electrons. The third-order valence-corrected chi connectivity index (χ3v) is 3.60. The second kappa shape index (κ2) is 6.31. The molecule has 0 atom stereocenters. The van der Waals surface area contributed by atoms with Crippen molar-refractivity contribution >= 4 is 22.5 Å². The molecule has 0 fully saturated rings. The van der Waals surface area contributed by atoms with Crippen molar-refractivity contribution in [3.63, 3.8) is 0 Å². The number of anilines is 1. The van der Waals surface area contributed by atoms with E-state index < -0.39 is 0 Å². The number of amides is 2. The minimum atomic E-state index is -0.328. The first kappa shape index (κ1) is 14.1. The van der Waals surface area contributed by atoms with Crippen molar-refractivity contribution < 1.29 is 4.79 Å². The van der Waals surface area contributed by atoms with Gasteiger partial charge in [0.25, 0.3) is 0 Å². The van der Waals surface area contributed by atoms with Gasteiger partial charge in [0.1, 0.15) is 5.69 Å². The minimum Gasteiger partial charge on any atom is -0.332 e. The highest BCUT2D eigenvalue weighted by Crippen LogP contribution is 2.13. The predicted octanol–water partition coefficient (Wildman–Crippen LogP) is 1.75. The van der Waals surface area contributed by atoms with Crippen LogP contribution in [0.2, 0.25) is 0 Å². The highest BCUT2D eigenvalue weighted by Gasteiger charge is 2.07. The van der Waals surface area contributed by atoms with E-state index in [1.807, 2.05) is 24.4 Å². The van der Waals surface area contributed by atoms with Crippen LogP contribution in [-0.4, -0.2) is 31.0 Å². The number of nitrogens with zero attached hydrogens (tertiary/aromatic N) is 5. The number of urea groups is 1. The summed E-state index contributed by atoms with van der Waals surface area (Å²) in [5.74, 6) is 0. The topological polar surface area (TPSA) is 97.6 Å². The molecule has 0 saturated heterocycles. The molecule has 0 unspecified atom stereocenters. The predicted molar refractivity (Wildman–Crippen MR) is 81.9 cm³/mol. The molecule has 3 aromatic rings. The van der Waals surface area contributed by atoms with Gasteiger partial charge < -0.3 is 5.32 Å². The average Bonchev–Trinajstić information content (AvgIpc) is 3.15. The number of aromatic nitrogens is 5. The molecule has 22 heavy (non-hydrogen) atoms. The first-order valence-corrected chi connectivity index (χ1v) is 7.37. The minimum absolute atomic E-state index is 0.274. The van der Waals surface area contributed by atoms with Crippen LogP contribution in [0.3, 0.4) is 0 Å². The van der Waals surface area contributed by atoms with E-state index >= 15 is 0 Å². The quantitative estimate of drug-likeness (QED) is 0.764. The summed E-state index contributed by atoms with van der Waals surface area (Å²) in [7, 11) is 0. The molecule has 3 aromatic heterocycles. The van der Waals surface area contributed by atoms with Crippen molar-refractivity contribution in [2.45, 2.75) is 13.5 Å². The fraction of sp³-hybridized carbons (Fsp3) is 0.154. The third kappa shape index (κ3) is 3.44. The number of nitrogens with one attached hydrogen (secondary N) is 2. The monoisotopic (exact) mass is 315 g/mol. The average molecular weight is 315 g/mol. The van der Waals surface area contributed by atoms with E-state index in [1.54, 1.807) is 23.3 Å². The van der Waals surface area contributed by atoms with Gasteiger partial charge in [0, 0.05) is 11.6 Å². The van der Waals surface area contributed by atoms with Gasteiger partial charge >= 0.3 is 6.03 Å². The van der Waals surface area contributed by atoms with Gasteiger partial charge in [-0.1, -0.05) is 5.21 Å². The van der Waals surface area contributed by atoms with Gasteiger partial charge in [-0.25, -0.2) is 14.5 Å². The molecule has 2 amide bonds. The van der Waals surface area contributed by atoms with Crippen molar-refractivity contribution in [1.29, 1.82) is 0 Å². The standard InChI is InChI=1S/C13H13N7OS/c1-9-8-22-13(16-9)17-12(21)15-5-10-7-20(19-18-10)11-3-2-4-14-6-11/h2-4,6-8H,5H2,1H3,(H2,15,16,17,21). The molecule has 0 saturated carbocycles. The molecule has 0 bridgehead atoms. The van der Waals surface area contributed by atoms with Crippen LogP contribution in [0, 0.1) is 6.92 Å². The van der Waals surface area contributed by atoms with Crippen molar-refractivity contribution in [3.8, 4) is 5.69 Å². The van der Waals surface area contributed by atoms with Gasteiger partial charge in [0.2, 0.25) is 0 Å². The van der Waals surface area contributed by atoms with E-state index in [4.69, 9.17) is 0 Å². The molecule has 0 aliphatic carbocycles. The summed E-state index contributed by atoms with van der Waals surface area (Å²) in [5, 5.41) is 15.8. The van der Waals surface area contributed by atoms with Crippen molar-refractivity contribution in [2.75, 3.05) is 5.32 Å². The third-order valence-electron chi connectivity index (χ3n) is 2.72. The van der Waals surface area contributed by atoms with Crippen LogP contribution in [0.15, 0.2) is 36.1 Å². The largest absolute Gasteiger partial charge is 0.332 e. The summed E-state index contributed by atoms with van der Waals surface area (Å²) in [6.07, 6.45) is 5.11. The van der Waals surface area contributed by atoms with E-state index in [9.17, 15) is 4.79 Å². The molecule has 0 spiro atoms. The maximum Gasteiger partial charge on any atom is 0.321 e. The Balaban J connectivity index is 1.56. The molecule has 0 aliphatic rings. The van der Waals surface area contributed by atoms with Crippen LogP contribution in [0.4, 0.5) is 9.93 Å². The van der Waals surface area contributed by atoms with E-state index in [2.05, 4.69) is 30.9 Å². The Labute approximate surface area is 130 Å². The Morgan fingerprint density at radius 2 is 2.36 bits per heavy atom. The van der Waals surface area contributed by atoms with E-state index in [1.165, 1.54) is 11.3 Å². The number of rotatable bonds is 4. The summed E-state index contributed by atoms with van der Waals surface area (Å²) in [5.41, 5.74) is 2.33. The number of aryl methyl sites for hydroxylation is 1. The first-order chi connectivity index (χ1) is 10.7. The number of pyridine rings is 1. The van der Waals surface area contributed by atoms with Gasteiger partial charge in [-0.15, -0.1) is 16.4 Å². The van der Waals surface area contributed by atoms with Crippen molar-refractivity contribution in [1.82, 2.24) is 30.3 Å². The SMILES string of the molecule is Cc1csc(NC(=O)NCc2cn(-c3cccnc3)nn2)n1. The fourth-order valence-corrected chi connectivity index (χ4v) is 2.40. The first-order valence-electron chi connectivity index (χ1n) is 6.49.